The van der Waals surface area contributed by atoms with Crippen molar-refractivity contribution in [1.29, 1.82) is 0 Å². The van der Waals surface area contributed by atoms with Crippen molar-refractivity contribution in [2.75, 3.05) is 53.4 Å². The first-order valence-electron chi connectivity index (χ1n) is 16.9. The maximum atomic E-state index is 13.7. The fraction of sp³-hybridized carbons (Fsp3) is 0.444. The Morgan fingerprint density at radius 1 is 1.12 bits per heavy atom. The number of aromatic nitrogens is 1. The van der Waals surface area contributed by atoms with E-state index in [1.54, 1.807) is 34.2 Å². The standard InChI is InChI=1S/C36H45ClN8O5/c1-4-42(2)29(22-38)31(41-33(46)36(49-3)11-12-36)28-20-23-6-5-13-40-30(23)32(26-8-7-24(37)21-27(26)28)43-16-18-45(19-17-43)35(48)50-25-9-14-44(15-10-25)34(39)47/h4-8,13,20-22,25,31-32H,1,9-12,14-19,38H2,2-3H3,(H2,39,47)(H,41,46)/b29-22-. The first-order chi connectivity index (χ1) is 24.1. The number of halogens is 1. The number of nitrogens with two attached hydrogens (primary N) is 2. The average molecular weight is 705 g/mol. The van der Waals surface area contributed by atoms with Crippen molar-refractivity contribution < 1.29 is 23.9 Å². The van der Waals surface area contributed by atoms with Crippen molar-refractivity contribution >= 4 is 41.3 Å². The van der Waals surface area contributed by atoms with E-state index in [-0.39, 0.29) is 24.1 Å². The van der Waals surface area contributed by atoms with Crippen LogP contribution in [0.4, 0.5) is 9.59 Å². The molecule has 4 amide bonds. The molecule has 6 rings (SSSR count). The normalized spacial score (nSPS) is 21.1. The number of hydrogen-bond donors (Lipinski definition) is 3. The van der Waals surface area contributed by atoms with E-state index in [1.165, 1.54) is 6.20 Å². The minimum atomic E-state index is -0.878. The van der Waals surface area contributed by atoms with Crippen molar-refractivity contribution in [2.24, 2.45) is 11.5 Å². The fourth-order valence-electron chi connectivity index (χ4n) is 7.11. The van der Waals surface area contributed by atoms with Crippen LogP contribution in [0.15, 0.2) is 61.2 Å². The summed E-state index contributed by atoms with van der Waals surface area (Å²) in [7, 11) is 3.38. The molecule has 0 radical (unpaired) electrons. The quantitative estimate of drug-likeness (QED) is 0.355. The Kier molecular flexibility index (Phi) is 10.4. The topological polar surface area (TPSA) is 160 Å². The third-order valence-corrected chi connectivity index (χ3v) is 10.5. The molecular weight excluding hydrogens is 660 g/mol. The number of rotatable bonds is 9. The van der Waals surface area contributed by atoms with Gasteiger partial charge in [0.2, 0.25) is 0 Å². The Bertz CT molecular complexity index is 1690. The van der Waals surface area contributed by atoms with Gasteiger partial charge in [-0.2, -0.15) is 0 Å². The summed E-state index contributed by atoms with van der Waals surface area (Å²) in [5.41, 5.74) is 15.7. The van der Waals surface area contributed by atoms with Gasteiger partial charge in [0.15, 0.2) is 0 Å². The molecule has 2 aliphatic carbocycles. The van der Waals surface area contributed by atoms with E-state index < -0.39 is 17.7 Å². The second kappa shape index (κ2) is 14.7. The molecule has 2 atom stereocenters. The number of piperidine rings is 1. The van der Waals surface area contributed by atoms with Gasteiger partial charge in [-0.25, -0.2) is 9.59 Å². The van der Waals surface area contributed by atoms with Crippen LogP contribution < -0.4 is 16.8 Å². The lowest BCUT2D eigenvalue weighted by molar-refractivity contribution is -0.133. The molecule has 2 saturated heterocycles. The number of carbonyl (C=O) groups is 3. The van der Waals surface area contributed by atoms with E-state index in [0.29, 0.717) is 75.7 Å². The smallest absolute Gasteiger partial charge is 0.410 e. The molecule has 266 valence electrons. The van der Waals surface area contributed by atoms with Crippen LogP contribution in [0.5, 0.6) is 0 Å². The van der Waals surface area contributed by atoms with Crippen LogP contribution in [-0.2, 0) is 14.3 Å². The number of ether oxygens (including phenoxy) is 2. The molecule has 3 heterocycles. The zero-order valence-corrected chi connectivity index (χ0v) is 29.3. The Balaban J connectivity index is 1.30. The van der Waals surface area contributed by atoms with E-state index in [1.807, 2.05) is 43.5 Å². The summed E-state index contributed by atoms with van der Waals surface area (Å²) in [6.07, 6.45) is 8.73. The number of fused-ring (bicyclic) bond motifs is 2. The van der Waals surface area contributed by atoms with Gasteiger partial charge < -0.3 is 41.0 Å². The lowest BCUT2D eigenvalue weighted by Gasteiger charge is -2.40. The highest BCUT2D eigenvalue weighted by Gasteiger charge is 2.51. The number of nitrogens with zero attached hydrogens (tertiary/aromatic N) is 5. The van der Waals surface area contributed by atoms with Gasteiger partial charge in [-0.3, -0.25) is 14.7 Å². The fourth-order valence-corrected chi connectivity index (χ4v) is 7.28. The van der Waals surface area contributed by atoms with Crippen molar-refractivity contribution in [1.82, 2.24) is 29.9 Å². The van der Waals surface area contributed by atoms with Crippen LogP contribution in [0.2, 0.25) is 5.02 Å². The van der Waals surface area contributed by atoms with Crippen LogP contribution in [0.25, 0.3) is 11.6 Å². The number of primary amides is 1. The van der Waals surface area contributed by atoms with Gasteiger partial charge in [-0.05, 0) is 65.6 Å². The summed E-state index contributed by atoms with van der Waals surface area (Å²) in [5, 5.41) is 3.79. The van der Waals surface area contributed by atoms with E-state index in [9.17, 15) is 14.4 Å². The number of amides is 4. The molecule has 50 heavy (non-hydrogen) atoms. The molecule has 1 aromatic carbocycles. The highest BCUT2D eigenvalue weighted by molar-refractivity contribution is 6.30. The summed E-state index contributed by atoms with van der Waals surface area (Å²) in [5.74, 6) is -0.222. The monoisotopic (exact) mass is 704 g/mol. The predicted octanol–water partition coefficient (Wildman–Crippen LogP) is 3.51. The third-order valence-electron chi connectivity index (χ3n) is 10.3. The molecule has 2 unspecified atom stereocenters. The Hall–Kier alpha value is -4.59. The van der Waals surface area contributed by atoms with Crippen molar-refractivity contribution in [3.63, 3.8) is 0 Å². The van der Waals surface area contributed by atoms with Gasteiger partial charge >= 0.3 is 12.1 Å². The SMILES string of the molecule is C=CN(C)/C(=C\N)C(NC(=O)C1(OC)CC1)C1=Cc2cccnc2C(N2CCN(C(=O)OC3CCN(C(N)=O)CC3)CC2)c2ccc(Cl)cc21. The summed E-state index contributed by atoms with van der Waals surface area (Å²) >= 11 is 6.70. The van der Waals surface area contributed by atoms with E-state index >= 15 is 0 Å². The minimum absolute atomic E-state index is 0.222. The molecule has 3 fully saturated rings. The number of hydrogen-bond acceptors (Lipinski definition) is 9. The number of pyridine rings is 1. The molecule has 2 aliphatic heterocycles. The second-order valence-electron chi connectivity index (χ2n) is 13.1. The van der Waals surface area contributed by atoms with E-state index in [0.717, 1.165) is 28.0 Å². The molecule has 14 heteroatoms. The molecular formula is C36H45ClN8O5. The Labute approximate surface area is 297 Å². The largest absolute Gasteiger partial charge is 0.446 e. The molecule has 2 aromatic rings. The number of likely N-dealkylation sites (tertiary alicyclic amines) is 1. The zero-order chi connectivity index (χ0) is 35.6. The first kappa shape index (κ1) is 35.2. The van der Waals surface area contributed by atoms with Crippen LogP contribution in [0.1, 0.15) is 54.1 Å². The number of urea groups is 1. The summed E-state index contributed by atoms with van der Waals surface area (Å²) in [6.45, 7) is 6.94. The molecule has 0 bridgehead atoms. The molecule has 4 aliphatic rings. The highest BCUT2D eigenvalue weighted by atomic mass is 35.5. The average Bonchev–Trinajstić information content (AvgIpc) is 3.95. The summed E-state index contributed by atoms with van der Waals surface area (Å²) < 4.78 is 11.5. The molecule has 5 N–H and O–H groups in total. The van der Waals surface area contributed by atoms with Crippen molar-refractivity contribution in [2.45, 2.75) is 49.5 Å². The maximum Gasteiger partial charge on any atom is 0.410 e. The van der Waals surface area contributed by atoms with E-state index in [4.69, 9.17) is 37.5 Å². The summed E-state index contributed by atoms with van der Waals surface area (Å²) in [6, 6.07) is 8.28. The van der Waals surface area contributed by atoms with Gasteiger partial charge in [0.1, 0.15) is 11.7 Å². The van der Waals surface area contributed by atoms with Crippen LogP contribution in [-0.4, -0.2) is 114 Å². The van der Waals surface area contributed by atoms with Crippen molar-refractivity contribution in [3.05, 3.63) is 88.6 Å². The van der Waals surface area contributed by atoms with Gasteiger partial charge in [0, 0.05) is 83.7 Å². The summed E-state index contributed by atoms with van der Waals surface area (Å²) in [4.78, 5) is 50.7. The first-order valence-corrected chi connectivity index (χ1v) is 17.3. The number of piperazine rings is 1. The van der Waals surface area contributed by atoms with E-state index in [2.05, 4.69) is 16.8 Å². The number of benzene rings is 1. The third kappa shape index (κ3) is 7.03. The lowest BCUT2D eigenvalue weighted by atomic mass is 9.89. The highest BCUT2D eigenvalue weighted by Crippen LogP contribution is 2.44. The van der Waals surface area contributed by atoms with Crippen LogP contribution in [0, 0.1) is 0 Å². The lowest BCUT2D eigenvalue weighted by Crippen LogP contribution is -2.51. The molecule has 1 aromatic heterocycles. The molecule has 13 nitrogen and oxygen atoms in total. The second-order valence-corrected chi connectivity index (χ2v) is 13.6. The number of methoxy groups -OCH3 is 1. The van der Waals surface area contributed by atoms with Gasteiger partial charge in [-0.15, -0.1) is 0 Å². The number of nitrogens with one attached hydrogen (secondary N) is 1. The van der Waals surface area contributed by atoms with Gasteiger partial charge in [0.05, 0.1) is 23.5 Å². The van der Waals surface area contributed by atoms with Gasteiger partial charge in [-0.1, -0.05) is 30.3 Å². The maximum absolute atomic E-state index is 13.7. The molecule has 1 saturated carbocycles. The van der Waals surface area contributed by atoms with Crippen LogP contribution in [0.3, 0.4) is 0 Å². The molecule has 0 spiro atoms. The minimum Gasteiger partial charge on any atom is -0.446 e. The van der Waals surface area contributed by atoms with Gasteiger partial charge in [0.25, 0.3) is 5.91 Å². The van der Waals surface area contributed by atoms with Crippen molar-refractivity contribution in [3.8, 4) is 0 Å². The Morgan fingerprint density at radius 3 is 2.46 bits per heavy atom. The Morgan fingerprint density at radius 2 is 1.84 bits per heavy atom. The zero-order valence-electron chi connectivity index (χ0n) is 28.5. The number of carbonyl (C=O) groups excluding carboxylic acids is 3. The van der Waals surface area contributed by atoms with Crippen LogP contribution >= 0.6 is 11.6 Å². The number of likely N-dealkylation sites (N-methyl/N-ethyl adjacent to an activating group) is 1. The predicted molar refractivity (Wildman–Crippen MR) is 190 cm³/mol.